The molecule has 0 aromatic heterocycles. The van der Waals surface area contributed by atoms with Gasteiger partial charge >= 0.3 is 0 Å². The molecule has 0 spiro atoms. The highest BCUT2D eigenvalue weighted by Crippen LogP contribution is 2.23. The Morgan fingerprint density at radius 3 is 2.32 bits per heavy atom. The Morgan fingerprint density at radius 1 is 1.05 bits per heavy atom. The molecule has 0 bridgehead atoms. The first-order valence-corrected chi connectivity index (χ1v) is 6.71. The maximum Gasteiger partial charge on any atom is 0.163 e. The molecule has 0 radical (unpaired) electrons. The van der Waals surface area contributed by atoms with E-state index in [9.17, 15) is 4.79 Å². The van der Waals surface area contributed by atoms with E-state index in [0.29, 0.717) is 12.3 Å². The molecule has 2 aromatic carbocycles. The second kappa shape index (κ2) is 5.43. The van der Waals surface area contributed by atoms with E-state index in [1.165, 1.54) is 11.1 Å². The molecule has 2 aromatic rings. The van der Waals surface area contributed by atoms with Crippen LogP contribution in [0, 0.1) is 5.92 Å². The van der Waals surface area contributed by atoms with Gasteiger partial charge < -0.3 is 4.90 Å². The van der Waals surface area contributed by atoms with E-state index in [-0.39, 0.29) is 5.78 Å². The quantitative estimate of drug-likeness (QED) is 0.765. The third-order valence-corrected chi connectivity index (χ3v) is 3.26. The molecule has 2 rings (SSSR count). The summed E-state index contributed by atoms with van der Waals surface area (Å²) in [6.07, 6.45) is 0.612. The SMILES string of the molecule is CC(C)CC(=O)c1ccc2cc(N(C)C)ccc2c1. The van der Waals surface area contributed by atoms with Crippen LogP contribution < -0.4 is 4.90 Å². The zero-order valence-electron chi connectivity index (χ0n) is 12.1. The minimum absolute atomic E-state index is 0.230. The number of nitrogens with zero attached hydrogens (tertiary/aromatic N) is 1. The third-order valence-electron chi connectivity index (χ3n) is 3.26. The van der Waals surface area contributed by atoms with Gasteiger partial charge in [-0.25, -0.2) is 0 Å². The molecular weight excluding hydrogens is 234 g/mol. The smallest absolute Gasteiger partial charge is 0.163 e. The minimum Gasteiger partial charge on any atom is -0.378 e. The van der Waals surface area contributed by atoms with Crippen LogP contribution in [0.25, 0.3) is 10.8 Å². The normalized spacial score (nSPS) is 11.0. The molecule has 0 aliphatic heterocycles. The lowest BCUT2D eigenvalue weighted by Crippen LogP contribution is -2.08. The Morgan fingerprint density at radius 2 is 1.68 bits per heavy atom. The van der Waals surface area contributed by atoms with Crippen LogP contribution >= 0.6 is 0 Å². The highest BCUT2D eigenvalue weighted by atomic mass is 16.1. The molecule has 2 heteroatoms. The first-order chi connectivity index (χ1) is 8.97. The number of benzene rings is 2. The Balaban J connectivity index is 2.36. The topological polar surface area (TPSA) is 20.3 Å². The number of ketones is 1. The highest BCUT2D eigenvalue weighted by molar-refractivity contribution is 6.00. The Kier molecular flexibility index (Phi) is 3.89. The van der Waals surface area contributed by atoms with Crippen molar-refractivity contribution < 1.29 is 4.79 Å². The van der Waals surface area contributed by atoms with E-state index in [1.54, 1.807) is 0 Å². The molecule has 0 N–H and O–H groups in total. The van der Waals surface area contributed by atoms with Crippen molar-refractivity contribution in [2.75, 3.05) is 19.0 Å². The number of hydrogen-bond acceptors (Lipinski definition) is 2. The van der Waals surface area contributed by atoms with Crippen molar-refractivity contribution in [3.8, 4) is 0 Å². The maximum absolute atomic E-state index is 12.1. The molecule has 0 fully saturated rings. The van der Waals surface area contributed by atoms with E-state index < -0.39 is 0 Å². The molecule has 0 unspecified atom stereocenters. The largest absolute Gasteiger partial charge is 0.378 e. The van der Waals surface area contributed by atoms with E-state index in [1.807, 2.05) is 32.3 Å². The van der Waals surface area contributed by atoms with E-state index in [4.69, 9.17) is 0 Å². The van der Waals surface area contributed by atoms with Crippen LogP contribution in [0.4, 0.5) is 5.69 Å². The lowest BCUT2D eigenvalue weighted by atomic mass is 9.98. The summed E-state index contributed by atoms with van der Waals surface area (Å²) in [6, 6.07) is 12.3. The lowest BCUT2D eigenvalue weighted by Gasteiger charge is -2.13. The summed E-state index contributed by atoms with van der Waals surface area (Å²) in [7, 11) is 4.06. The van der Waals surface area contributed by atoms with Gasteiger partial charge in [-0.3, -0.25) is 4.79 Å². The first-order valence-electron chi connectivity index (χ1n) is 6.71. The van der Waals surface area contributed by atoms with Gasteiger partial charge in [0.1, 0.15) is 0 Å². The molecule has 0 atom stereocenters. The number of fused-ring (bicyclic) bond motifs is 1. The molecule has 2 nitrogen and oxygen atoms in total. The summed E-state index contributed by atoms with van der Waals surface area (Å²) in [5.74, 6) is 0.632. The predicted molar refractivity (Wildman–Crippen MR) is 82.1 cm³/mol. The van der Waals surface area contributed by atoms with E-state index in [2.05, 4.69) is 36.9 Å². The number of Topliss-reactive ketones (excluding diaryl/α,β-unsaturated/α-hetero) is 1. The summed E-state index contributed by atoms with van der Waals surface area (Å²) < 4.78 is 0. The van der Waals surface area contributed by atoms with Gasteiger partial charge in [-0.05, 0) is 34.9 Å². The summed E-state index contributed by atoms with van der Waals surface area (Å²) >= 11 is 0. The average Bonchev–Trinajstić information content (AvgIpc) is 2.36. The highest BCUT2D eigenvalue weighted by Gasteiger charge is 2.09. The molecule has 0 amide bonds. The summed E-state index contributed by atoms with van der Waals surface area (Å²) in [4.78, 5) is 14.1. The van der Waals surface area contributed by atoms with Crippen molar-refractivity contribution in [2.45, 2.75) is 20.3 Å². The summed E-state index contributed by atoms with van der Waals surface area (Å²) in [5, 5.41) is 2.30. The van der Waals surface area contributed by atoms with Gasteiger partial charge in [0.05, 0.1) is 0 Å². The zero-order valence-corrected chi connectivity index (χ0v) is 12.1. The lowest BCUT2D eigenvalue weighted by molar-refractivity contribution is 0.0968. The van der Waals surface area contributed by atoms with Crippen molar-refractivity contribution in [1.82, 2.24) is 0 Å². The van der Waals surface area contributed by atoms with Crippen LogP contribution in [0.15, 0.2) is 36.4 Å². The first kappa shape index (κ1) is 13.6. The Bertz CT molecular complexity index is 599. The van der Waals surface area contributed by atoms with Crippen LogP contribution in [0.3, 0.4) is 0 Å². The molecule has 0 aliphatic rings. The number of hydrogen-bond donors (Lipinski definition) is 0. The minimum atomic E-state index is 0.230. The average molecular weight is 255 g/mol. The van der Waals surface area contributed by atoms with Gasteiger partial charge in [-0.2, -0.15) is 0 Å². The summed E-state index contributed by atoms with van der Waals surface area (Å²) in [5.41, 5.74) is 1.99. The predicted octanol–water partition coefficient (Wildman–Crippen LogP) is 4.13. The number of carbonyl (C=O) groups is 1. The van der Waals surface area contributed by atoms with Crippen molar-refractivity contribution >= 4 is 22.2 Å². The molecule has 0 saturated heterocycles. The second-order valence-corrected chi connectivity index (χ2v) is 5.66. The van der Waals surface area contributed by atoms with Crippen LogP contribution in [-0.2, 0) is 0 Å². The third kappa shape index (κ3) is 3.14. The van der Waals surface area contributed by atoms with Gasteiger partial charge in [0.15, 0.2) is 5.78 Å². The van der Waals surface area contributed by atoms with Crippen molar-refractivity contribution in [3.05, 3.63) is 42.0 Å². The zero-order chi connectivity index (χ0) is 14.0. The second-order valence-electron chi connectivity index (χ2n) is 5.66. The number of carbonyl (C=O) groups excluding carboxylic acids is 1. The van der Waals surface area contributed by atoms with Crippen LogP contribution in [0.1, 0.15) is 30.6 Å². The van der Waals surface area contributed by atoms with E-state index in [0.717, 1.165) is 10.9 Å². The molecular formula is C17H21NO. The molecule has 0 saturated carbocycles. The maximum atomic E-state index is 12.1. The van der Waals surface area contributed by atoms with Crippen molar-refractivity contribution in [3.63, 3.8) is 0 Å². The van der Waals surface area contributed by atoms with Crippen molar-refractivity contribution in [1.29, 1.82) is 0 Å². The number of anilines is 1. The molecule has 19 heavy (non-hydrogen) atoms. The van der Waals surface area contributed by atoms with Gasteiger partial charge in [0, 0.05) is 31.8 Å². The van der Waals surface area contributed by atoms with Crippen LogP contribution in [-0.4, -0.2) is 19.9 Å². The van der Waals surface area contributed by atoms with Gasteiger partial charge in [0.25, 0.3) is 0 Å². The number of rotatable bonds is 4. The molecule has 100 valence electrons. The fourth-order valence-corrected chi connectivity index (χ4v) is 2.17. The standard InChI is InChI=1S/C17H21NO/c1-12(2)9-17(19)15-6-5-14-11-16(18(3)4)8-7-13(14)10-15/h5-8,10-12H,9H2,1-4H3. The van der Waals surface area contributed by atoms with Gasteiger partial charge in [-0.15, -0.1) is 0 Å². The van der Waals surface area contributed by atoms with Gasteiger partial charge in [0.2, 0.25) is 0 Å². The van der Waals surface area contributed by atoms with Gasteiger partial charge in [-0.1, -0.05) is 32.0 Å². The molecule has 0 heterocycles. The fourth-order valence-electron chi connectivity index (χ4n) is 2.17. The summed E-state index contributed by atoms with van der Waals surface area (Å²) in [6.45, 7) is 4.14. The Hall–Kier alpha value is -1.83. The van der Waals surface area contributed by atoms with Crippen LogP contribution in [0.2, 0.25) is 0 Å². The molecule has 0 aliphatic carbocycles. The Labute approximate surface area is 115 Å². The van der Waals surface area contributed by atoms with Crippen LogP contribution in [0.5, 0.6) is 0 Å². The monoisotopic (exact) mass is 255 g/mol. The van der Waals surface area contributed by atoms with E-state index >= 15 is 0 Å². The fraction of sp³-hybridized carbons (Fsp3) is 0.353. The van der Waals surface area contributed by atoms with Crippen molar-refractivity contribution in [2.24, 2.45) is 5.92 Å².